The molecule has 0 saturated heterocycles. The smallest absolute Gasteiger partial charge is 0.428 e. The Balaban J connectivity index is 2.07. The number of ether oxygens (including phenoxy) is 1. The maximum Gasteiger partial charge on any atom is 0.461 e. The van der Waals surface area contributed by atoms with Crippen molar-refractivity contribution in [3.63, 3.8) is 0 Å². The molecule has 5 nitrogen and oxygen atoms in total. The fraction of sp³-hybridized carbons (Fsp3) is 0.188. The lowest BCUT2D eigenvalue weighted by Gasteiger charge is -2.37. The van der Waals surface area contributed by atoms with Crippen LogP contribution in [-0.4, -0.2) is 24.3 Å². The van der Waals surface area contributed by atoms with Crippen LogP contribution in [0.15, 0.2) is 78.9 Å². The SMILES string of the molecule is NC(=O)c1ccc(CC(NC(=O)c2ccc(F)c(C(F)(F)F)c2)(c2cc(F)cc(OC(F)(F)C(F)F)c2)c2ccc(F)c(C(F)(F)F)c2)cc1. The molecule has 1 unspecified atom stereocenters. The lowest BCUT2D eigenvalue weighted by molar-refractivity contribution is -0.253. The fourth-order valence-corrected chi connectivity index (χ4v) is 4.88. The molecule has 50 heavy (non-hydrogen) atoms. The second kappa shape index (κ2) is 13.5. The number of rotatable bonds is 10. The van der Waals surface area contributed by atoms with E-state index in [2.05, 4.69) is 10.1 Å². The van der Waals surface area contributed by atoms with E-state index in [1.54, 1.807) is 0 Å². The Morgan fingerprint density at radius 2 is 1.22 bits per heavy atom. The van der Waals surface area contributed by atoms with E-state index < -0.39 is 99.7 Å². The zero-order valence-electron chi connectivity index (χ0n) is 24.5. The highest BCUT2D eigenvalue weighted by atomic mass is 19.4. The van der Waals surface area contributed by atoms with Crippen molar-refractivity contribution in [2.24, 2.45) is 5.73 Å². The van der Waals surface area contributed by atoms with E-state index in [0.717, 1.165) is 24.3 Å². The Morgan fingerprint density at radius 1 is 0.680 bits per heavy atom. The summed E-state index contributed by atoms with van der Waals surface area (Å²) in [4.78, 5) is 25.3. The van der Waals surface area contributed by atoms with E-state index in [-0.39, 0.29) is 41.5 Å². The van der Waals surface area contributed by atoms with Gasteiger partial charge in [-0.2, -0.15) is 43.9 Å². The summed E-state index contributed by atoms with van der Waals surface area (Å²) >= 11 is 0. The molecule has 2 amide bonds. The number of carbonyl (C=O) groups excluding carboxylic acids is 2. The van der Waals surface area contributed by atoms with E-state index in [0.29, 0.717) is 24.3 Å². The van der Waals surface area contributed by atoms with Crippen LogP contribution in [0.25, 0.3) is 0 Å². The molecule has 4 aromatic carbocycles. The van der Waals surface area contributed by atoms with Crippen molar-refractivity contribution in [2.75, 3.05) is 0 Å². The molecule has 3 N–H and O–H groups in total. The summed E-state index contributed by atoms with van der Waals surface area (Å²) in [5.41, 5.74) is -4.23. The van der Waals surface area contributed by atoms with E-state index in [1.807, 2.05) is 0 Å². The molecule has 0 heterocycles. The molecule has 0 aliphatic heterocycles. The maximum atomic E-state index is 15.1. The first-order chi connectivity index (χ1) is 23.0. The highest BCUT2D eigenvalue weighted by Gasteiger charge is 2.46. The highest BCUT2D eigenvalue weighted by molar-refractivity contribution is 5.95. The normalized spacial score (nSPS) is 13.6. The zero-order valence-corrected chi connectivity index (χ0v) is 24.5. The lowest BCUT2D eigenvalue weighted by atomic mass is 9.76. The average molecular weight is 726 g/mol. The molecule has 0 saturated carbocycles. The number of halogens is 13. The van der Waals surface area contributed by atoms with Gasteiger partial charge >= 0.3 is 24.9 Å². The zero-order chi connectivity index (χ0) is 37.4. The van der Waals surface area contributed by atoms with Crippen molar-refractivity contribution in [1.29, 1.82) is 0 Å². The van der Waals surface area contributed by atoms with Crippen LogP contribution < -0.4 is 15.8 Å². The Labute approximate surface area is 272 Å². The van der Waals surface area contributed by atoms with Crippen molar-refractivity contribution in [2.45, 2.75) is 36.8 Å². The third-order valence-corrected chi connectivity index (χ3v) is 7.21. The molecule has 0 radical (unpaired) electrons. The van der Waals surface area contributed by atoms with Gasteiger partial charge in [0.1, 0.15) is 23.2 Å². The topological polar surface area (TPSA) is 81.4 Å². The largest absolute Gasteiger partial charge is 0.461 e. The van der Waals surface area contributed by atoms with Gasteiger partial charge in [-0.25, -0.2) is 13.2 Å². The van der Waals surface area contributed by atoms with E-state index in [4.69, 9.17) is 5.73 Å². The Hall–Kier alpha value is -5.29. The quantitative estimate of drug-likeness (QED) is 0.161. The molecule has 0 bridgehead atoms. The second-order valence-electron chi connectivity index (χ2n) is 10.6. The minimum atomic E-state index is -5.44. The maximum absolute atomic E-state index is 15.1. The van der Waals surface area contributed by atoms with E-state index >= 15 is 4.39 Å². The predicted molar refractivity (Wildman–Crippen MR) is 148 cm³/mol. The number of primary amides is 1. The minimum absolute atomic E-state index is 0.0339. The van der Waals surface area contributed by atoms with Crippen LogP contribution in [0, 0.1) is 17.5 Å². The molecule has 0 fully saturated rings. The number of alkyl halides is 10. The average Bonchev–Trinajstić information content (AvgIpc) is 2.99. The van der Waals surface area contributed by atoms with Gasteiger partial charge < -0.3 is 15.8 Å². The van der Waals surface area contributed by atoms with Crippen LogP contribution in [0.4, 0.5) is 57.1 Å². The van der Waals surface area contributed by atoms with Gasteiger partial charge in [0.05, 0.1) is 16.7 Å². The predicted octanol–water partition coefficient (Wildman–Crippen LogP) is 8.39. The third-order valence-electron chi connectivity index (χ3n) is 7.21. The monoisotopic (exact) mass is 726 g/mol. The Morgan fingerprint density at radius 3 is 1.76 bits per heavy atom. The summed E-state index contributed by atoms with van der Waals surface area (Å²) in [6.45, 7) is 0. The molecule has 4 aromatic rings. The summed E-state index contributed by atoms with van der Waals surface area (Å²) in [5.74, 6) is -9.15. The van der Waals surface area contributed by atoms with Gasteiger partial charge in [-0.1, -0.05) is 18.2 Å². The number of carbonyl (C=O) groups is 2. The van der Waals surface area contributed by atoms with Crippen molar-refractivity contribution >= 4 is 11.8 Å². The fourth-order valence-electron chi connectivity index (χ4n) is 4.88. The summed E-state index contributed by atoms with van der Waals surface area (Å²) in [7, 11) is 0. The van der Waals surface area contributed by atoms with Crippen LogP contribution in [0.1, 0.15) is 48.5 Å². The van der Waals surface area contributed by atoms with Gasteiger partial charge in [-0.3, -0.25) is 9.59 Å². The second-order valence-corrected chi connectivity index (χ2v) is 10.6. The molecule has 0 spiro atoms. The van der Waals surface area contributed by atoms with Crippen molar-refractivity contribution < 1.29 is 71.4 Å². The van der Waals surface area contributed by atoms with Gasteiger partial charge in [0, 0.05) is 23.6 Å². The summed E-state index contributed by atoms with van der Waals surface area (Å²) < 4.78 is 184. The Kier molecular flexibility index (Phi) is 10.2. The molecule has 0 aromatic heterocycles. The van der Waals surface area contributed by atoms with Crippen LogP contribution in [0.5, 0.6) is 5.75 Å². The van der Waals surface area contributed by atoms with Crippen LogP contribution >= 0.6 is 0 Å². The Bertz CT molecular complexity index is 1910. The first-order valence-corrected chi connectivity index (χ1v) is 13.6. The first-order valence-electron chi connectivity index (χ1n) is 13.6. The van der Waals surface area contributed by atoms with Gasteiger partial charge in [-0.15, -0.1) is 0 Å². The van der Waals surface area contributed by atoms with Crippen molar-refractivity contribution in [1.82, 2.24) is 5.32 Å². The van der Waals surface area contributed by atoms with Crippen LogP contribution in [-0.2, 0) is 24.3 Å². The van der Waals surface area contributed by atoms with Gasteiger partial charge in [0.2, 0.25) is 5.91 Å². The molecule has 266 valence electrons. The summed E-state index contributed by atoms with van der Waals surface area (Å²) in [5, 5.41) is 2.13. The summed E-state index contributed by atoms with van der Waals surface area (Å²) in [6, 6.07) is 7.29. The molecule has 18 heteroatoms. The van der Waals surface area contributed by atoms with Gasteiger partial charge in [0.25, 0.3) is 5.91 Å². The standard InChI is InChI=1S/C32H19F13N2O3/c33-20-10-19(11-21(13-20)50-32(44,45)28(36)37)29(14-15-1-3-16(4-2-15)26(46)48,18-6-8-25(35)23(12-18)31(41,42)43)47-27(49)17-5-7-24(34)22(9-17)30(38,39)40/h1-13,28H,14H2,(H2,46,48)(H,47,49). The molecular weight excluding hydrogens is 707 g/mol. The molecule has 0 aliphatic carbocycles. The lowest BCUT2D eigenvalue weighted by Crippen LogP contribution is -2.49. The first kappa shape index (κ1) is 37.5. The number of amides is 2. The van der Waals surface area contributed by atoms with Crippen molar-refractivity contribution in [3.05, 3.63) is 135 Å². The minimum Gasteiger partial charge on any atom is -0.428 e. The number of benzene rings is 4. The number of nitrogens with one attached hydrogen (secondary N) is 1. The molecule has 1 atom stereocenters. The van der Waals surface area contributed by atoms with E-state index in [1.165, 1.54) is 0 Å². The van der Waals surface area contributed by atoms with Crippen LogP contribution in [0.2, 0.25) is 0 Å². The van der Waals surface area contributed by atoms with Gasteiger partial charge in [0.15, 0.2) is 0 Å². The summed E-state index contributed by atoms with van der Waals surface area (Å²) in [6.07, 6.45) is -21.4. The number of hydrogen-bond donors (Lipinski definition) is 2. The molecule has 0 aliphatic rings. The van der Waals surface area contributed by atoms with E-state index in [9.17, 15) is 62.3 Å². The third kappa shape index (κ3) is 8.11. The van der Waals surface area contributed by atoms with Gasteiger partial charge in [-0.05, 0) is 71.3 Å². The molecule has 4 rings (SSSR count). The number of hydrogen-bond acceptors (Lipinski definition) is 3. The number of nitrogens with two attached hydrogens (primary N) is 1. The highest BCUT2D eigenvalue weighted by Crippen LogP contribution is 2.41. The molecular formula is C32H19F13N2O3. The van der Waals surface area contributed by atoms with Crippen LogP contribution in [0.3, 0.4) is 0 Å². The van der Waals surface area contributed by atoms with Crippen molar-refractivity contribution in [3.8, 4) is 5.75 Å².